The number of rotatable bonds is 7. The minimum Gasteiger partial charge on any atom is -0.272 e. The maximum Gasteiger partial charge on any atom is 0.250 e. The SMILES string of the molecule is C/C(=N/NC(=O)CSc1nnc(-c2ccccc2)n1-c1ccc(C)cc1)c1ccccc1Cl. The summed E-state index contributed by atoms with van der Waals surface area (Å²) in [6, 6.07) is 25.3. The van der Waals surface area contributed by atoms with E-state index < -0.39 is 0 Å². The molecule has 166 valence electrons. The van der Waals surface area contributed by atoms with Gasteiger partial charge in [0.1, 0.15) is 0 Å². The molecular weight excluding hydrogens is 454 g/mol. The summed E-state index contributed by atoms with van der Waals surface area (Å²) >= 11 is 7.50. The summed E-state index contributed by atoms with van der Waals surface area (Å²) in [5.74, 6) is 0.610. The molecule has 0 aliphatic rings. The zero-order valence-corrected chi connectivity index (χ0v) is 19.8. The summed E-state index contributed by atoms with van der Waals surface area (Å²) in [5, 5.41) is 14.2. The van der Waals surface area contributed by atoms with Crippen LogP contribution in [0.25, 0.3) is 17.1 Å². The normalized spacial score (nSPS) is 11.4. The average Bonchev–Trinajstić information content (AvgIpc) is 3.26. The Morgan fingerprint density at radius 1 is 1.00 bits per heavy atom. The Balaban J connectivity index is 1.53. The Morgan fingerprint density at radius 3 is 2.42 bits per heavy atom. The predicted octanol–water partition coefficient (Wildman–Crippen LogP) is 5.53. The fraction of sp³-hybridized carbons (Fsp3) is 0.120. The molecule has 0 fully saturated rings. The molecule has 4 aromatic rings. The molecule has 0 radical (unpaired) electrons. The highest BCUT2D eigenvalue weighted by atomic mass is 35.5. The molecule has 1 heterocycles. The number of nitrogens with zero attached hydrogens (tertiary/aromatic N) is 4. The monoisotopic (exact) mass is 475 g/mol. The second-order valence-corrected chi connectivity index (χ2v) is 8.69. The van der Waals surface area contributed by atoms with Gasteiger partial charge >= 0.3 is 0 Å². The first kappa shape index (κ1) is 22.8. The third-order valence-electron chi connectivity index (χ3n) is 4.90. The number of carbonyl (C=O) groups excluding carboxylic acids is 1. The molecule has 0 aliphatic carbocycles. The van der Waals surface area contributed by atoms with Crippen molar-refractivity contribution in [2.24, 2.45) is 5.10 Å². The third-order valence-corrected chi connectivity index (χ3v) is 6.16. The number of aryl methyl sites for hydroxylation is 1. The van der Waals surface area contributed by atoms with E-state index >= 15 is 0 Å². The van der Waals surface area contributed by atoms with Crippen molar-refractivity contribution in [1.29, 1.82) is 0 Å². The molecule has 1 aromatic heterocycles. The molecule has 33 heavy (non-hydrogen) atoms. The topological polar surface area (TPSA) is 72.2 Å². The lowest BCUT2D eigenvalue weighted by Gasteiger charge is -2.10. The molecule has 1 amide bonds. The van der Waals surface area contributed by atoms with Gasteiger partial charge in [-0.15, -0.1) is 10.2 Å². The summed E-state index contributed by atoms with van der Waals surface area (Å²) < 4.78 is 1.96. The van der Waals surface area contributed by atoms with Crippen molar-refractivity contribution in [3.8, 4) is 17.1 Å². The zero-order chi connectivity index (χ0) is 23.2. The van der Waals surface area contributed by atoms with Gasteiger partial charge in [0.15, 0.2) is 11.0 Å². The molecule has 1 N–H and O–H groups in total. The molecule has 6 nitrogen and oxygen atoms in total. The first-order chi connectivity index (χ1) is 16.0. The van der Waals surface area contributed by atoms with Crippen molar-refractivity contribution in [2.75, 3.05) is 5.75 Å². The number of amides is 1. The number of carbonyl (C=O) groups is 1. The highest BCUT2D eigenvalue weighted by Crippen LogP contribution is 2.28. The molecule has 0 saturated carbocycles. The van der Waals surface area contributed by atoms with E-state index in [9.17, 15) is 4.79 Å². The average molecular weight is 476 g/mol. The largest absolute Gasteiger partial charge is 0.272 e. The first-order valence-corrected chi connectivity index (χ1v) is 11.7. The number of halogens is 1. The lowest BCUT2D eigenvalue weighted by atomic mass is 10.1. The Kier molecular flexibility index (Phi) is 7.22. The lowest BCUT2D eigenvalue weighted by Crippen LogP contribution is -2.21. The van der Waals surface area contributed by atoms with Crippen LogP contribution in [-0.4, -0.2) is 32.1 Å². The molecule has 0 atom stereocenters. The number of benzene rings is 3. The van der Waals surface area contributed by atoms with E-state index in [1.807, 2.05) is 84.3 Å². The summed E-state index contributed by atoms with van der Waals surface area (Å²) in [4.78, 5) is 12.5. The van der Waals surface area contributed by atoms with Crippen molar-refractivity contribution in [1.82, 2.24) is 20.2 Å². The smallest absolute Gasteiger partial charge is 0.250 e. The molecule has 3 aromatic carbocycles. The van der Waals surface area contributed by atoms with Crippen LogP contribution in [0, 0.1) is 6.92 Å². The van der Waals surface area contributed by atoms with Crippen molar-refractivity contribution >= 4 is 35.0 Å². The van der Waals surface area contributed by atoms with Crippen molar-refractivity contribution in [2.45, 2.75) is 19.0 Å². The number of aromatic nitrogens is 3. The van der Waals surface area contributed by atoms with E-state index in [0.29, 0.717) is 15.9 Å². The van der Waals surface area contributed by atoms with Gasteiger partial charge in [-0.05, 0) is 32.0 Å². The van der Waals surface area contributed by atoms with Crippen LogP contribution in [0.1, 0.15) is 18.1 Å². The van der Waals surface area contributed by atoms with Crippen molar-refractivity contribution in [3.63, 3.8) is 0 Å². The number of hydrazone groups is 1. The van der Waals surface area contributed by atoms with Gasteiger partial charge in [-0.3, -0.25) is 9.36 Å². The Labute approximate surface area is 201 Å². The van der Waals surface area contributed by atoms with Crippen LogP contribution in [0.15, 0.2) is 89.1 Å². The Hall–Kier alpha value is -3.42. The van der Waals surface area contributed by atoms with Gasteiger partial charge in [-0.1, -0.05) is 89.6 Å². The van der Waals surface area contributed by atoms with Crippen LogP contribution >= 0.6 is 23.4 Å². The number of hydrogen-bond donors (Lipinski definition) is 1. The van der Waals surface area contributed by atoms with Gasteiger partial charge in [0.2, 0.25) is 0 Å². The maximum absolute atomic E-state index is 12.5. The third kappa shape index (κ3) is 5.50. The molecule has 0 aliphatic heterocycles. The summed E-state index contributed by atoms with van der Waals surface area (Å²) in [6.45, 7) is 3.84. The van der Waals surface area contributed by atoms with E-state index in [1.54, 1.807) is 13.0 Å². The summed E-state index contributed by atoms with van der Waals surface area (Å²) in [7, 11) is 0. The van der Waals surface area contributed by atoms with Gasteiger partial charge in [0, 0.05) is 21.8 Å². The first-order valence-electron chi connectivity index (χ1n) is 10.3. The number of nitrogens with one attached hydrogen (secondary N) is 1. The minimum absolute atomic E-state index is 0.137. The molecule has 4 rings (SSSR count). The van der Waals surface area contributed by atoms with Crippen LogP contribution in [-0.2, 0) is 4.79 Å². The fourth-order valence-corrected chi connectivity index (χ4v) is 4.20. The van der Waals surface area contributed by atoms with Crippen LogP contribution in [0.3, 0.4) is 0 Å². The standard InChI is InChI=1S/C25H22ClN5OS/c1-17-12-14-20(15-13-17)31-24(19-8-4-3-5-9-19)29-30-25(31)33-16-23(32)28-27-18(2)21-10-6-7-11-22(21)26/h3-15H,16H2,1-2H3,(H,28,32)/b27-18-. The second kappa shape index (κ2) is 10.5. The lowest BCUT2D eigenvalue weighted by molar-refractivity contribution is -0.118. The Bertz CT molecular complexity index is 1290. The minimum atomic E-state index is -0.244. The van der Waals surface area contributed by atoms with Gasteiger partial charge in [0.25, 0.3) is 5.91 Å². The molecular formula is C25H22ClN5OS. The predicted molar refractivity (Wildman–Crippen MR) is 134 cm³/mol. The zero-order valence-electron chi connectivity index (χ0n) is 18.2. The maximum atomic E-state index is 12.5. The molecule has 0 saturated heterocycles. The van der Waals surface area contributed by atoms with E-state index in [4.69, 9.17) is 11.6 Å². The molecule has 8 heteroatoms. The number of hydrogen-bond acceptors (Lipinski definition) is 5. The van der Waals surface area contributed by atoms with E-state index in [2.05, 4.69) is 20.7 Å². The van der Waals surface area contributed by atoms with Gasteiger partial charge in [0.05, 0.1) is 11.5 Å². The van der Waals surface area contributed by atoms with Crippen molar-refractivity contribution < 1.29 is 4.79 Å². The highest BCUT2D eigenvalue weighted by Gasteiger charge is 2.17. The molecule has 0 unspecified atom stereocenters. The Morgan fingerprint density at radius 2 is 1.70 bits per heavy atom. The highest BCUT2D eigenvalue weighted by molar-refractivity contribution is 7.99. The van der Waals surface area contributed by atoms with E-state index in [-0.39, 0.29) is 11.7 Å². The van der Waals surface area contributed by atoms with E-state index in [1.165, 1.54) is 11.8 Å². The van der Waals surface area contributed by atoms with Crippen LogP contribution < -0.4 is 5.43 Å². The van der Waals surface area contributed by atoms with Gasteiger partial charge < -0.3 is 0 Å². The molecule has 0 spiro atoms. The fourth-order valence-electron chi connectivity index (χ4n) is 3.19. The van der Waals surface area contributed by atoms with Crippen molar-refractivity contribution in [3.05, 3.63) is 95.0 Å². The second-order valence-electron chi connectivity index (χ2n) is 7.34. The van der Waals surface area contributed by atoms with Gasteiger partial charge in [-0.2, -0.15) is 5.10 Å². The quantitative estimate of drug-likeness (QED) is 0.217. The van der Waals surface area contributed by atoms with Gasteiger partial charge in [-0.25, -0.2) is 5.43 Å². The van der Waals surface area contributed by atoms with Crippen LogP contribution in [0.4, 0.5) is 0 Å². The summed E-state index contributed by atoms with van der Waals surface area (Å²) in [6.07, 6.45) is 0. The molecule has 0 bridgehead atoms. The number of thioether (sulfide) groups is 1. The van der Waals surface area contributed by atoms with Crippen LogP contribution in [0.5, 0.6) is 0 Å². The summed E-state index contributed by atoms with van der Waals surface area (Å²) in [5.41, 5.74) is 7.04. The van der Waals surface area contributed by atoms with E-state index in [0.717, 1.165) is 28.2 Å². The van der Waals surface area contributed by atoms with Crippen LogP contribution in [0.2, 0.25) is 5.02 Å².